The van der Waals surface area contributed by atoms with Gasteiger partial charge in [-0.2, -0.15) is 0 Å². The van der Waals surface area contributed by atoms with Crippen molar-refractivity contribution in [1.82, 2.24) is 10.3 Å². The molecule has 0 unspecified atom stereocenters. The summed E-state index contributed by atoms with van der Waals surface area (Å²) in [5.41, 5.74) is 3.84. The third kappa shape index (κ3) is 2.98. The van der Waals surface area contributed by atoms with Crippen LogP contribution in [0.25, 0.3) is 11.3 Å². The van der Waals surface area contributed by atoms with Gasteiger partial charge in [-0.3, -0.25) is 0 Å². The number of nitrogens with one attached hydrogen (secondary N) is 1. The highest BCUT2D eigenvalue weighted by molar-refractivity contribution is 7.09. The molecule has 1 N–H and O–H groups in total. The first kappa shape index (κ1) is 13.2. The average Bonchev–Trinajstić information content (AvgIpc) is 2.77. The van der Waals surface area contributed by atoms with E-state index in [0.717, 1.165) is 17.2 Å². The molecule has 0 spiro atoms. The van der Waals surface area contributed by atoms with Gasteiger partial charge >= 0.3 is 0 Å². The molecule has 2 rings (SSSR count). The van der Waals surface area contributed by atoms with Gasteiger partial charge in [-0.25, -0.2) is 4.98 Å². The predicted octanol–water partition coefficient (Wildman–Crippen LogP) is 3.83. The fraction of sp³-hybridized carbons (Fsp3) is 0.400. The minimum absolute atomic E-state index is 0.206. The molecule has 1 aromatic carbocycles. The minimum atomic E-state index is 0.206. The molecule has 0 amide bonds. The van der Waals surface area contributed by atoms with Crippen molar-refractivity contribution in [1.29, 1.82) is 0 Å². The first-order valence-corrected chi connectivity index (χ1v) is 7.08. The van der Waals surface area contributed by atoms with Crippen molar-refractivity contribution in [2.45, 2.75) is 32.7 Å². The second-order valence-electron chi connectivity index (χ2n) is 5.48. The van der Waals surface area contributed by atoms with E-state index in [2.05, 4.69) is 60.7 Å². The Labute approximate surface area is 113 Å². The van der Waals surface area contributed by atoms with Crippen LogP contribution in [-0.4, -0.2) is 12.0 Å². The molecule has 96 valence electrons. The summed E-state index contributed by atoms with van der Waals surface area (Å²) in [5, 5.41) is 6.38. The Balaban J connectivity index is 2.23. The molecule has 1 aromatic heterocycles. The quantitative estimate of drug-likeness (QED) is 0.907. The molecule has 0 aliphatic carbocycles. The summed E-state index contributed by atoms with van der Waals surface area (Å²) >= 11 is 1.71. The molecule has 0 saturated heterocycles. The topological polar surface area (TPSA) is 24.9 Å². The lowest BCUT2D eigenvalue weighted by Gasteiger charge is -2.18. The largest absolute Gasteiger partial charge is 0.314 e. The molecule has 0 saturated carbocycles. The Hall–Kier alpha value is -1.19. The summed E-state index contributed by atoms with van der Waals surface area (Å²) < 4.78 is 0. The number of nitrogens with zero attached hydrogens (tertiary/aromatic N) is 1. The Morgan fingerprint density at radius 2 is 1.83 bits per heavy atom. The summed E-state index contributed by atoms with van der Waals surface area (Å²) in [6, 6.07) is 8.73. The summed E-state index contributed by atoms with van der Waals surface area (Å²) in [7, 11) is 1.94. The van der Waals surface area contributed by atoms with E-state index < -0.39 is 0 Å². The zero-order chi connectivity index (χ0) is 13.2. The van der Waals surface area contributed by atoms with Crippen molar-refractivity contribution in [2.24, 2.45) is 0 Å². The summed E-state index contributed by atoms with van der Waals surface area (Å²) in [5.74, 6) is 0. The molecule has 3 heteroatoms. The Bertz CT molecular complexity index is 506. The minimum Gasteiger partial charge on any atom is -0.314 e. The van der Waals surface area contributed by atoms with Crippen LogP contribution < -0.4 is 5.32 Å². The SMILES string of the molecule is CNCc1nc(-c2ccc(C(C)(C)C)cc2)cs1. The van der Waals surface area contributed by atoms with Crippen LogP contribution in [0.2, 0.25) is 0 Å². The fourth-order valence-electron chi connectivity index (χ4n) is 1.82. The Morgan fingerprint density at radius 1 is 1.17 bits per heavy atom. The summed E-state index contributed by atoms with van der Waals surface area (Å²) in [4.78, 5) is 4.62. The average molecular weight is 260 g/mol. The first-order chi connectivity index (χ1) is 8.50. The van der Waals surface area contributed by atoms with Crippen molar-refractivity contribution < 1.29 is 0 Å². The number of benzene rings is 1. The van der Waals surface area contributed by atoms with Gasteiger partial charge < -0.3 is 5.32 Å². The molecule has 0 atom stereocenters. The van der Waals surface area contributed by atoms with Crippen molar-refractivity contribution in [3.05, 3.63) is 40.2 Å². The zero-order valence-corrected chi connectivity index (χ0v) is 12.3. The number of rotatable bonds is 3. The van der Waals surface area contributed by atoms with Crippen LogP contribution in [-0.2, 0) is 12.0 Å². The van der Waals surface area contributed by atoms with Gasteiger partial charge in [0, 0.05) is 17.5 Å². The van der Waals surface area contributed by atoms with E-state index in [9.17, 15) is 0 Å². The smallest absolute Gasteiger partial charge is 0.107 e. The van der Waals surface area contributed by atoms with Crippen molar-refractivity contribution in [3.63, 3.8) is 0 Å². The lowest BCUT2D eigenvalue weighted by molar-refractivity contribution is 0.590. The lowest BCUT2D eigenvalue weighted by atomic mass is 9.86. The van der Waals surface area contributed by atoms with Gasteiger partial charge in [0.15, 0.2) is 0 Å². The van der Waals surface area contributed by atoms with Crippen LogP contribution in [0.15, 0.2) is 29.6 Å². The molecule has 0 bridgehead atoms. The van der Waals surface area contributed by atoms with Crippen LogP contribution in [0.1, 0.15) is 31.3 Å². The highest BCUT2D eigenvalue weighted by Gasteiger charge is 2.13. The molecular weight excluding hydrogens is 240 g/mol. The predicted molar refractivity (Wildman–Crippen MR) is 79.0 cm³/mol. The lowest BCUT2D eigenvalue weighted by Crippen LogP contribution is -2.10. The molecule has 0 radical (unpaired) electrons. The van der Waals surface area contributed by atoms with Crippen LogP contribution in [0, 0.1) is 0 Å². The Morgan fingerprint density at radius 3 is 2.39 bits per heavy atom. The number of hydrogen-bond donors (Lipinski definition) is 1. The van der Waals surface area contributed by atoms with E-state index in [1.165, 1.54) is 11.1 Å². The van der Waals surface area contributed by atoms with E-state index in [1.807, 2.05) is 7.05 Å². The van der Waals surface area contributed by atoms with E-state index in [-0.39, 0.29) is 5.41 Å². The van der Waals surface area contributed by atoms with Crippen molar-refractivity contribution in [3.8, 4) is 11.3 Å². The van der Waals surface area contributed by atoms with Gasteiger partial charge in [0.1, 0.15) is 5.01 Å². The Kier molecular flexibility index (Phi) is 3.83. The molecule has 0 aliphatic heterocycles. The van der Waals surface area contributed by atoms with Gasteiger partial charge in [-0.1, -0.05) is 45.0 Å². The monoisotopic (exact) mass is 260 g/mol. The van der Waals surface area contributed by atoms with E-state index in [4.69, 9.17) is 0 Å². The first-order valence-electron chi connectivity index (χ1n) is 6.20. The maximum absolute atomic E-state index is 4.62. The van der Waals surface area contributed by atoms with E-state index >= 15 is 0 Å². The zero-order valence-electron chi connectivity index (χ0n) is 11.4. The van der Waals surface area contributed by atoms with Crippen molar-refractivity contribution in [2.75, 3.05) is 7.05 Å². The molecule has 1 heterocycles. The normalized spacial score (nSPS) is 11.8. The van der Waals surface area contributed by atoms with Crippen LogP contribution in [0.3, 0.4) is 0 Å². The highest BCUT2D eigenvalue weighted by atomic mass is 32.1. The van der Waals surface area contributed by atoms with Crippen LogP contribution in [0.5, 0.6) is 0 Å². The standard InChI is InChI=1S/C15H20N2S/c1-15(2,3)12-7-5-11(6-8-12)13-10-18-14(17-13)9-16-4/h5-8,10,16H,9H2,1-4H3. The summed E-state index contributed by atoms with van der Waals surface area (Å²) in [6.45, 7) is 7.53. The summed E-state index contributed by atoms with van der Waals surface area (Å²) in [6.07, 6.45) is 0. The number of aromatic nitrogens is 1. The second-order valence-corrected chi connectivity index (χ2v) is 6.43. The van der Waals surface area contributed by atoms with Gasteiger partial charge in [-0.15, -0.1) is 11.3 Å². The second kappa shape index (κ2) is 5.21. The van der Waals surface area contributed by atoms with Crippen molar-refractivity contribution >= 4 is 11.3 Å². The number of hydrogen-bond acceptors (Lipinski definition) is 3. The van der Waals surface area contributed by atoms with Crippen LogP contribution in [0.4, 0.5) is 0 Å². The third-order valence-electron chi connectivity index (χ3n) is 2.93. The van der Waals surface area contributed by atoms with Crippen LogP contribution >= 0.6 is 11.3 Å². The fourth-order valence-corrected chi connectivity index (χ4v) is 2.63. The molecule has 18 heavy (non-hydrogen) atoms. The maximum atomic E-state index is 4.62. The maximum Gasteiger partial charge on any atom is 0.107 e. The highest BCUT2D eigenvalue weighted by Crippen LogP contribution is 2.26. The molecule has 2 nitrogen and oxygen atoms in total. The number of thiazole rings is 1. The van der Waals surface area contributed by atoms with E-state index in [0.29, 0.717) is 0 Å². The third-order valence-corrected chi connectivity index (χ3v) is 3.78. The molecule has 0 aliphatic rings. The van der Waals surface area contributed by atoms with Gasteiger partial charge in [0.2, 0.25) is 0 Å². The molecule has 0 fully saturated rings. The van der Waals surface area contributed by atoms with Gasteiger partial charge in [0.05, 0.1) is 5.69 Å². The van der Waals surface area contributed by atoms with Gasteiger partial charge in [-0.05, 0) is 18.0 Å². The van der Waals surface area contributed by atoms with E-state index in [1.54, 1.807) is 11.3 Å². The van der Waals surface area contributed by atoms with Gasteiger partial charge in [0.25, 0.3) is 0 Å². The molecule has 2 aromatic rings. The molecular formula is C15H20N2S.